The van der Waals surface area contributed by atoms with Crippen molar-refractivity contribution < 1.29 is 9.32 Å². The van der Waals surface area contributed by atoms with E-state index in [-0.39, 0.29) is 5.91 Å². The number of hydrogen-bond acceptors (Lipinski definition) is 6. The minimum Gasteiger partial charge on any atom is -0.339 e. The van der Waals surface area contributed by atoms with Crippen LogP contribution in [0.15, 0.2) is 27.0 Å². The highest BCUT2D eigenvalue weighted by molar-refractivity contribution is 7.09. The molecular weight excluding hydrogens is 336 g/mol. The number of thiazole rings is 1. The van der Waals surface area contributed by atoms with Crippen LogP contribution in [0, 0.1) is 5.92 Å². The van der Waals surface area contributed by atoms with Gasteiger partial charge in [0, 0.05) is 17.5 Å². The van der Waals surface area contributed by atoms with Gasteiger partial charge in [-0.1, -0.05) is 31.0 Å². The minimum atomic E-state index is -0.544. The average Bonchev–Trinajstić information content (AvgIpc) is 3.26. The Balaban J connectivity index is 1.42. The third-order valence-electron chi connectivity index (χ3n) is 4.89. The fourth-order valence-electron chi connectivity index (χ4n) is 3.36. The summed E-state index contributed by atoms with van der Waals surface area (Å²) < 4.78 is 5.30. The Bertz CT molecular complexity index is 815. The highest BCUT2D eigenvalue weighted by atomic mass is 32.1. The van der Waals surface area contributed by atoms with Gasteiger partial charge < -0.3 is 4.52 Å². The molecule has 1 atom stereocenters. The Morgan fingerprint density at radius 1 is 1.24 bits per heavy atom. The minimum absolute atomic E-state index is 0.266. The molecule has 1 unspecified atom stereocenters. The third-order valence-corrected chi connectivity index (χ3v) is 5.94. The molecule has 1 aliphatic heterocycles. The number of nitrogens with zero attached hydrogens (tertiary/aromatic N) is 4. The fraction of sp³-hybridized carbons (Fsp3) is 0.500. The van der Waals surface area contributed by atoms with E-state index in [9.17, 15) is 4.79 Å². The lowest BCUT2D eigenvalue weighted by atomic mass is 9.83. The Hall–Kier alpha value is -2.15. The maximum absolute atomic E-state index is 11.8. The van der Waals surface area contributed by atoms with Crippen molar-refractivity contribution in [1.82, 2.24) is 15.1 Å². The fourth-order valence-corrected chi connectivity index (χ4v) is 4.35. The molecule has 0 spiro atoms. The van der Waals surface area contributed by atoms with E-state index in [2.05, 4.69) is 27.4 Å². The number of aromatic nitrogens is 3. The molecule has 0 saturated heterocycles. The van der Waals surface area contributed by atoms with Gasteiger partial charge in [0.2, 0.25) is 5.89 Å². The van der Waals surface area contributed by atoms with Gasteiger partial charge in [0.25, 0.3) is 5.91 Å². The van der Waals surface area contributed by atoms with Crippen LogP contribution in [-0.2, 0) is 11.2 Å². The molecule has 6 nitrogen and oxygen atoms in total. The van der Waals surface area contributed by atoms with Crippen LogP contribution in [0.3, 0.4) is 0 Å². The molecule has 1 amide bonds. The van der Waals surface area contributed by atoms with E-state index in [0.29, 0.717) is 24.1 Å². The summed E-state index contributed by atoms with van der Waals surface area (Å²) in [6.07, 6.45) is 10.5. The molecule has 2 aliphatic rings. The number of hydrogen-bond donors (Lipinski definition) is 0. The summed E-state index contributed by atoms with van der Waals surface area (Å²) in [7, 11) is 0. The first-order valence-corrected chi connectivity index (χ1v) is 9.58. The number of amides is 1. The topological polar surface area (TPSA) is 81.2 Å². The van der Waals surface area contributed by atoms with Crippen LogP contribution in [0.25, 0.3) is 0 Å². The zero-order chi connectivity index (χ0) is 17.2. The van der Waals surface area contributed by atoms with Crippen molar-refractivity contribution in [1.29, 1.82) is 0 Å². The molecule has 1 saturated carbocycles. The zero-order valence-corrected chi connectivity index (χ0v) is 14.9. The standard InChI is InChI=1S/C18H20N4O2S/c1-11-4-6-12(7-5-11)18-20-13(10-25-18)9-15-21-16(22-24-15)14-3-2-8-19-17(14)23/h2-3,8,10-12,14H,4-7,9H2,1H3. The van der Waals surface area contributed by atoms with Crippen LogP contribution in [0.5, 0.6) is 0 Å². The first kappa shape index (κ1) is 16.3. The second-order valence-corrected chi connectivity index (χ2v) is 7.73. The van der Waals surface area contributed by atoms with E-state index >= 15 is 0 Å². The third kappa shape index (κ3) is 3.61. The first-order chi connectivity index (χ1) is 12.2. The zero-order valence-electron chi connectivity index (χ0n) is 14.1. The maximum atomic E-state index is 11.8. The van der Waals surface area contributed by atoms with Crippen LogP contribution < -0.4 is 0 Å². The summed E-state index contributed by atoms with van der Waals surface area (Å²) in [5, 5.41) is 7.24. The van der Waals surface area contributed by atoms with E-state index in [0.717, 1.165) is 11.6 Å². The molecule has 0 bridgehead atoms. The van der Waals surface area contributed by atoms with Crippen molar-refractivity contribution in [3.8, 4) is 0 Å². The molecule has 0 radical (unpaired) electrons. The molecule has 2 aromatic heterocycles. The van der Waals surface area contributed by atoms with Crippen LogP contribution in [0.4, 0.5) is 0 Å². The number of rotatable bonds is 4. The summed E-state index contributed by atoms with van der Waals surface area (Å²) in [5.74, 6) is 1.48. The van der Waals surface area contributed by atoms with Gasteiger partial charge in [0.1, 0.15) is 5.92 Å². The van der Waals surface area contributed by atoms with E-state index in [1.165, 1.54) is 36.9 Å². The van der Waals surface area contributed by atoms with Crippen LogP contribution >= 0.6 is 11.3 Å². The SMILES string of the molecule is CC1CCC(c2nc(Cc3nc(C4C=CC=NC4=O)no3)cs2)CC1. The lowest BCUT2D eigenvalue weighted by molar-refractivity contribution is -0.118. The highest BCUT2D eigenvalue weighted by Crippen LogP contribution is 2.36. The number of carbonyl (C=O) groups excluding carboxylic acids is 1. The Labute approximate surface area is 150 Å². The van der Waals surface area contributed by atoms with E-state index in [4.69, 9.17) is 9.51 Å². The van der Waals surface area contributed by atoms with E-state index in [1.54, 1.807) is 23.5 Å². The molecule has 1 aliphatic carbocycles. The summed E-state index contributed by atoms with van der Waals surface area (Å²) in [6.45, 7) is 2.33. The lowest BCUT2D eigenvalue weighted by Gasteiger charge is -2.24. The number of carbonyl (C=O) groups is 1. The molecule has 0 N–H and O–H groups in total. The normalized spacial score (nSPS) is 26.3. The molecule has 4 rings (SSSR count). The van der Waals surface area contributed by atoms with Crippen molar-refractivity contribution >= 4 is 23.5 Å². The Kier molecular flexibility index (Phi) is 4.57. The van der Waals surface area contributed by atoms with Gasteiger partial charge in [-0.2, -0.15) is 4.98 Å². The summed E-state index contributed by atoms with van der Waals surface area (Å²) in [6, 6.07) is 0. The van der Waals surface area contributed by atoms with Crippen molar-refractivity contribution in [2.45, 2.75) is 50.9 Å². The summed E-state index contributed by atoms with van der Waals surface area (Å²) in [4.78, 5) is 24.7. The monoisotopic (exact) mass is 356 g/mol. The predicted molar refractivity (Wildman–Crippen MR) is 95.0 cm³/mol. The molecule has 3 heterocycles. The summed E-state index contributed by atoms with van der Waals surface area (Å²) in [5.41, 5.74) is 0.956. The van der Waals surface area contributed by atoms with Gasteiger partial charge >= 0.3 is 0 Å². The van der Waals surface area contributed by atoms with Crippen LogP contribution in [0.1, 0.15) is 66.9 Å². The predicted octanol–water partition coefficient (Wildman–Crippen LogP) is 3.66. The summed E-state index contributed by atoms with van der Waals surface area (Å²) >= 11 is 1.73. The van der Waals surface area contributed by atoms with Crippen LogP contribution in [-0.4, -0.2) is 27.2 Å². The molecule has 7 heteroatoms. The van der Waals surface area contributed by atoms with Crippen molar-refractivity contribution in [2.24, 2.45) is 10.9 Å². The second kappa shape index (κ2) is 7.00. The molecule has 0 aromatic carbocycles. The van der Waals surface area contributed by atoms with Crippen molar-refractivity contribution in [2.75, 3.05) is 0 Å². The smallest absolute Gasteiger partial charge is 0.260 e. The Morgan fingerprint density at radius 2 is 2.08 bits per heavy atom. The number of aliphatic imine (C=N–C) groups is 1. The van der Waals surface area contributed by atoms with Gasteiger partial charge in [-0.15, -0.1) is 11.3 Å². The number of dihydropyridines is 1. The van der Waals surface area contributed by atoms with Gasteiger partial charge in [0.15, 0.2) is 5.82 Å². The Morgan fingerprint density at radius 3 is 2.88 bits per heavy atom. The van der Waals surface area contributed by atoms with E-state index in [1.807, 2.05) is 0 Å². The maximum Gasteiger partial charge on any atom is 0.260 e. The van der Waals surface area contributed by atoms with Gasteiger partial charge in [-0.05, 0) is 24.8 Å². The lowest BCUT2D eigenvalue weighted by Crippen LogP contribution is -2.12. The van der Waals surface area contributed by atoms with E-state index < -0.39 is 5.92 Å². The van der Waals surface area contributed by atoms with Crippen LogP contribution in [0.2, 0.25) is 0 Å². The molecule has 1 fully saturated rings. The van der Waals surface area contributed by atoms with Crippen molar-refractivity contribution in [3.63, 3.8) is 0 Å². The molecule has 25 heavy (non-hydrogen) atoms. The second-order valence-electron chi connectivity index (χ2n) is 6.84. The molecule has 2 aromatic rings. The molecular formula is C18H20N4O2S. The quantitative estimate of drug-likeness (QED) is 0.835. The highest BCUT2D eigenvalue weighted by Gasteiger charge is 2.25. The average molecular weight is 356 g/mol. The largest absolute Gasteiger partial charge is 0.339 e. The van der Waals surface area contributed by atoms with Crippen molar-refractivity contribution in [3.05, 3.63) is 39.9 Å². The van der Waals surface area contributed by atoms with Gasteiger partial charge in [0.05, 0.1) is 17.1 Å². The number of allylic oxidation sites excluding steroid dienone is 1. The molecule has 130 valence electrons. The van der Waals surface area contributed by atoms with Gasteiger partial charge in [-0.3, -0.25) is 4.79 Å². The van der Waals surface area contributed by atoms with Gasteiger partial charge in [-0.25, -0.2) is 9.98 Å². The first-order valence-electron chi connectivity index (χ1n) is 8.70.